The number of rotatable bonds is 13. The van der Waals surface area contributed by atoms with Crippen LogP contribution in [0.2, 0.25) is 0 Å². The minimum atomic E-state index is 0.598. The van der Waals surface area contributed by atoms with Crippen LogP contribution in [0.4, 0.5) is 0 Å². The van der Waals surface area contributed by atoms with Crippen LogP contribution in [-0.4, -0.2) is 44.9 Å². The third-order valence-corrected chi connectivity index (χ3v) is 26.8. The molecule has 0 aliphatic heterocycles. The van der Waals surface area contributed by atoms with E-state index in [-0.39, 0.29) is 0 Å². The SMILES string of the molecule is c1ccc(-c2ccc(-c3nc(-c4ccc5c(c4)c(-c4ccccc4)cc4ccccc45)nc(-c4cccc5oc6ccccc6c45)n3)cc2)cc1.c1ccc(-c2ccc3c(-c4nc(-c5ccccc5)nc(-c5cccc6oc7ccccc7c56)n4)cc4ccccc4c3c2)cc1.c1ccc(-c2nc(-c3cccc4oc5ccccc5c34)nc(-c3ccc(-c4ccccc4)c4ccc5ccccc5c34)n2)cc1. The predicted octanol–water partition coefficient (Wildman–Crippen LogP) is 33.9. The fourth-order valence-corrected chi connectivity index (χ4v) is 20.1. The smallest absolute Gasteiger partial charge is 0.164 e. The first kappa shape index (κ1) is 82.5. The lowest BCUT2D eigenvalue weighted by Crippen LogP contribution is -2.01. The van der Waals surface area contributed by atoms with E-state index in [4.69, 9.17) is 58.1 Å². The molecule has 0 saturated heterocycles. The van der Waals surface area contributed by atoms with Gasteiger partial charge in [-0.25, -0.2) is 44.9 Å². The van der Waals surface area contributed by atoms with E-state index in [9.17, 15) is 0 Å². The van der Waals surface area contributed by atoms with Crippen molar-refractivity contribution in [3.05, 3.63) is 479 Å². The van der Waals surface area contributed by atoms with Crippen LogP contribution >= 0.6 is 0 Å². The predicted molar refractivity (Wildman–Crippen MR) is 577 cm³/mol. The molecule has 28 aromatic rings. The summed E-state index contributed by atoms with van der Waals surface area (Å²) in [5.74, 6) is 5.55. The third kappa shape index (κ3) is 15.2. The average molecular weight is 1800 g/mol. The summed E-state index contributed by atoms with van der Waals surface area (Å²) < 4.78 is 18.7. The van der Waals surface area contributed by atoms with E-state index in [2.05, 4.69) is 315 Å². The van der Waals surface area contributed by atoms with Gasteiger partial charge in [-0.2, -0.15) is 0 Å². The maximum atomic E-state index is 6.27. The van der Waals surface area contributed by atoms with E-state index in [0.29, 0.717) is 52.4 Å². The number of para-hydroxylation sites is 3. The van der Waals surface area contributed by atoms with Crippen molar-refractivity contribution in [3.63, 3.8) is 0 Å². The zero-order chi connectivity index (χ0) is 93.2. The van der Waals surface area contributed by atoms with Crippen molar-refractivity contribution in [3.8, 4) is 147 Å². The summed E-state index contributed by atoms with van der Waals surface area (Å²) in [6.07, 6.45) is 0. The van der Waals surface area contributed by atoms with E-state index in [1.54, 1.807) is 0 Å². The van der Waals surface area contributed by atoms with Crippen LogP contribution in [0.3, 0.4) is 0 Å². The molecule has 6 heterocycles. The van der Waals surface area contributed by atoms with Crippen molar-refractivity contribution in [2.75, 3.05) is 0 Å². The molecular weight excluding hydrogens is 1720 g/mol. The van der Waals surface area contributed by atoms with Gasteiger partial charge >= 0.3 is 0 Å². The molecule has 0 radical (unpaired) electrons. The highest BCUT2D eigenvalue weighted by atomic mass is 16.3. The number of hydrogen-bond donors (Lipinski definition) is 0. The van der Waals surface area contributed by atoms with Crippen LogP contribution in [-0.2, 0) is 0 Å². The molecule has 0 fully saturated rings. The van der Waals surface area contributed by atoms with Gasteiger partial charge in [-0.3, -0.25) is 0 Å². The first-order chi connectivity index (χ1) is 69.9. The Balaban J connectivity index is 0.000000109. The summed E-state index contributed by atoms with van der Waals surface area (Å²) in [5, 5.41) is 20.1. The Bertz CT molecular complexity index is 9740. The van der Waals surface area contributed by atoms with Crippen LogP contribution in [0.15, 0.2) is 492 Å². The monoisotopic (exact) mass is 1800 g/mol. The minimum Gasteiger partial charge on any atom is -0.456 e. The topological polar surface area (TPSA) is 155 Å². The number of furan rings is 3. The highest BCUT2D eigenvalue weighted by Crippen LogP contribution is 2.47. The van der Waals surface area contributed by atoms with E-state index >= 15 is 0 Å². The molecule has 0 spiro atoms. The zero-order valence-corrected chi connectivity index (χ0v) is 75.9. The summed E-state index contributed by atoms with van der Waals surface area (Å²) in [6, 6.07) is 166. The number of benzene rings is 22. The van der Waals surface area contributed by atoms with Crippen molar-refractivity contribution in [2.24, 2.45) is 0 Å². The molecule has 0 aliphatic carbocycles. The Morgan fingerprint density at radius 2 is 0.404 bits per heavy atom. The van der Waals surface area contributed by atoms with Crippen molar-refractivity contribution in [1.29, 1.82) is 0 Å². The quantitative estimate of drug-likeness (QED) is 0.101. The van der Waals surface area contributed by atoms with Gasteiger partial charge in [0.25, 0.3) is 0 Å². The van der Waals surface area contributed by atoms with Crippen molar-refractivity contribution in [2.45, 2.75) is 0 Å². The third-order valence-electron chi connectivity index (χ3n) is 26.8. The Morgan fingerprint density at radius 1 is 0.113 bits per heavy atom. The van der Waals surface area contributed by atoms with E-state index in [1.807, 2.05) is 164 Å². The number of fused-ring (bicyclic) bond motifs is 18. The van der Waals surface area contributed by atoms with Gasteiger partial charge in [0.1, 0.15) is 33.5 Å². The summed E-state index contributed by atoms with van der Waals surface area (Å²) in [5.41, 5.74) is 22.6. The first-order valence-corrected chi connectivity index (χ1v) is 47.2. The molecule has 141 heavy (non-hydrogen) atoms. The summed E-state index contributed by atoms with van der Waals surface area (Å²) in [4.78, 5) is 46.4. The second-order valence-corrected chi connectivity index (χ2v) is 35.2. The number of nitrogens with zero attached hydrogens (tertiary/aromatic N) is 9. The van der Waals surface area contributed by atoms with Gasteiger partial charge in [0.05, 0.1) is 0 Å². The Hall–Kier alpha value is -19.2. The molecule has 0 amide bonds. The fourth-order valence-electron chi connectivity index (χ4n) is 20.1. The second-order valence-electron chi connectivity index (χ2n) is 35.2. The van der Waals surface area contributed by atoms with Gasteiger partial charge in [0.15, 0.2) is 52.4 Å². The molecule has 658 valence electrons. The molecule has 12 nitrogen and oxygen atoms in total. The molecule has 22 aromatic carbocycles. The Morgan fingerprint density at radius 3 is 0.887 bits per heavy atom. The van der Waals surface area contributed by atoms with Crippen LogP contribution < -0.4 is 0 Å². The van der Waals surface area contributed by atoms with E-state index < -0.39 is 0 Å². The minimum absolute atomic E-state index is 0.598. The summed E-state index contributed by atoms with van der Waals surface area (Å²) in [6.45, 7) is 0. The molecular formula is C129H79N9O3. The van der Waals surface area contributed by atoms with Crippen molar-refractivity contribution in [1.82, 2.24) is 44.9 Å². The van der Waals surface area contributed by atoms with Crippen molar-refractivity contribution >= 4 is 130 Å². The largest absolute Gasteiger partial charge is 0.456 e. The molecule has 12 heteroatoms. The van der Waals surface area contributed by atoms with E-state index in [1.165, 1.54) is 60.3 Å². The Kier molecular flexibility index (Phi) is 20.6. The number of hydrogen-bond acceptors (Lipinski definition) is 12. The van der Waals surface area contributed by atoms with Gasteiger partial charge in [0.2, 0.25) is 0 Å². The lowest BCUT2D eigenvalue weighted by Gasteiger charge is -2.15. The van der Waals surface area contributed by atoms with E-state index in [0.717, 1.165) is 165 Å². The molecule has 6 aromatic heterocycles. The van der Waals surface area contributed by atoms with Gasteiger partial charge < -0.3 is 13.3 Å². The van der Waals surface area contributed by atoms with Gasteiger partial charge in [-0.1, -0.05) is 413 Å². The summed E-state index contributed by atoms with van der Waals surface area (Å²) >= 11 is 0. The molecule has 0 unspecified atom stereocenters. The average Bonchev–Trinajstić information content (AvgIpc) is 1.34. The molecule has 28 rings (SSSR count). The first-order valence-electron chi connectivity index (χ1n) is 47.2. The van der Waals surface area contributed by atoms with Crippen LogP contribution in [0.1, 0.15) is 0 Å². The highest BCUT2D eigenvalue weighted by molar-refractivity contribution is 6.21. The van der Waals surface area contributed by atoms with Gasteiger partial charge in [-0.05, 0) is 170 Å². The summed E-state index contributed by atoms with van der Waals surface area (Å²) in [7, 11) is 0. The standard InChI is InChI=1S/C47H29N3O.2C41H25N3O/c1-3-12-30(13-4-1)31-22-24-33(25-23-31)45-48-46(50-47(49-45)39-19-11-21-43-44(39)38-18-9-10-20-42(38)51-43)35-26-27-37-36-17-8-7-16-34(36)28-40(41(37)29-35)32-14-5-2-6-15-32;1-3-12-26(13-4-1)29-24-25-34(37-30-17-8-7-14-27(30)22-23-31(29)37)41-43-39(28-15-5-2-6-16-28)42-40(44-41)33-19-11-21-36-38(33)32-18-9-10-20-35(32)45-36;1-3-12-26(13-4-1)28-22-23-31-34(24-28)30-17-8-7-16-29(30)25-35(31)41-43-39(27-14-5-2-6-15-27)42-40(44-41)33-19-11-21-37-38(33)32-18-9-10-20-36(32)45-37/h1-29H;2*1-25H. The number of aromatic nitrogens is 9. The Labute approximate surface area is 809 Å². The highest BCUT2D eigenvalue weighted by Gasteiger charge is 2.26. The van der Waals surface area contributed by atoms with Crippen LogP contribution in [0, 0.1) is 0 Å². The normalized spacial score (nSPS) is 11.5. The maximum absolute atomic E-state index is 6.27. The lowest BCUT2D eigenvalue weighted by atomic mass is 9.91. The zero-order valence-electron chi connectivity index (χ0n) is 75.9. The lowest BCUT2D eigenvalue weighted by molar-refractivity contribution is 0.668. The molecule has 0 aliphatic rings. The molecule has 0 N–H and O–H groups in total. The maximum Gasteiger partial charge on any atom is 0.164 e. The van der Waals surface area contributed by atoms with Gasteiger partial charge in [-0.15, -0.1) is 0 Å². The van der Waals surface area contributed by atoms with Crippen molar-refractivity contribution < 1.29 is 13.3 Å². The van der Waals surface area contributed by atoms with Crippen LogP contribution in [0.25, 0.3) is 277 Å². The molecule has 0 saturated carbocycles. The molecule has 0 bridgehead atoms. The van der Waals surface area contributed by atoms with Crippen LogP contribution in [0.5, 0.6) is 0 Å². The second kappa shape index (κ2) is 35.3. The van der Waals surface area contributed by atoms with Gasteiger partial charge in [0, 0.05) is 87.8 Å². The molecule has 0 atom stereocenters. The fraction of sp³-hybridized carbons (Fsp3) is 0.